The molecule has 2 aliphatic carbocycles. The molecular formula is C14H14F3NO. The molecule has 1 aromatic heterocycles. The van der Waals surface area contributed by atoms with Crippen molar-refractivity contribution in [3.05, 3.63) is 29.6 Å². The number of nitrogens with zero attached hydrogens (tertiary/aromatic N) is 1. The van der Waals surface area contributed by atoms with E-state index in [0.717, 1.165) is 44.1 Å². The van der Waals surface area contributed by atoms with Gasteiger partial charge in [0, 0.05) is 23.9 Å². The Kier molecular flexibility index (Phi) is 2.87. The second kappa shape index (κ2) is 4.32. The van der Waals surface area contributed by atoms with Crippen molar-refractivity contribution in [1.82, 2.24) is 4.98 Å². The molecule has 0 radical (unpaired) electrons. The third-order valence-electron chi connectivity index (χ3n) is 4.47. The van der Waals surface area contributed by atoms with E-state index in [0.29, 0.717) is 5.92 Å². The zero-order chi connectivity index (χ0) is 13.6. The molecule has 0 saturated heterocycles. The van der Waals surface area contributed by atoms with Crippen LogP contribution in [0.25, 0.3) is 0 Å². The van der Waals surface area contributed by atoms with Gasteiger partial charge < -0.3 is 0 Å². The third-order valence-corrected chi connectivity index (χ3v) is 4.47. The Balaban J connectivity index is 1.92. The molecule has 0 amide bonds. The molecule has 1 heterocycles. The Morgan fingerprint density at radius 3 is 2.63 bits per heavy atom. The lowest BCUT2D eigenvalue weighted by molar-refractivity contribution is -0.138. The molecule has 0 aliphatic heterocycles. The summed E-state index contributed by atoms with van der Waals surface area (Å²) >= 11 is 0. The Morgan fingerprint density at radius 2 is 2.05 bits per heavy atom. The lowest BCUT2D eigenvalue weighted by Gasteiger charge is -2.21. The van der Waals surface area contributed by atoms with Gasteiger partial charge in [0.1, 0.15) is 0 Å². The van der Waals surface area contributed by atoms with Gasteiger partial charge in [0.05, 0.1) is 5.56 Å². The Bertz CT molecular complexity index is 512. The van der Waals surface area contributed by atoms with E-state index >= 15 is 0 Å². The second-order valence-corrected chi connectivity index (χ2v) is 5.56. The number of alkyl halides is 3. The summed E-state index contributed by atoms with van der Waals surface area (Å²) in [4.78, 5) is 16.1. The van der Waals surface area contributed by atoms with E-state index in [2.05, 4.69) is 4.98 Å². The van der Waals surface area contributed by atoms with E-state index < -0.39 is 11.7 Å². The molecular weight excluding hydrogens is 255 g/mol. The van der Waals surface area contributed by atoms with Crippen molar-refractivity contribution < 1.29 is 18.0 Å². The van der Waals surface area contributed by atoms with Crippen LogP contribution in [0.4, 0.5) is 13.2 Å². The van der Waals surface area contributed by atoms with Crippen LogP contribution in [0.15, 0.2) is 18.5 Å². The van der Waals surface area contributed by atoms with Gasteiger partial charge in [-0.05, 0) is 37.2 Å². The highest BCUT2D eigenvalue weighted by Crippen LogP contribution is 2.49. The van der Waals surface area contributed by atoms with Crippen molar-refractivity contribution in [2.45, 2.75) is 31.9 Å². The van der Waals surface area contributed by atoms with Crippen LogP contribution < -0.4 is 0 Å². The number of rotatable bonds is 2. The van der Waals surface area contributed by atoms with Gasteiger partial charge in [-0.2, -0.15) is 13.2 Å². The normalized spacial score (nSPS) is 29.7. The number of carbonyl (C=O) groups excluding carboxylic acids is 1. The van der Waals surface area contributed by atoms with Crippen molar-refractivity contribution in [1.29, 1.82) is 0 Å². The number of halogens is 3. The van der Waals surface area contributed by atoms with E-state index in [4.69, 9.17) is 0 Å². The molecule has 0 aromatic carbocycles. The first kappa shape index (κ1) is 12.6. The zero-order valence-electron chi connectivity index (χ0n) is 10.3. The molecule has 3 atom stereocenters. The molecule has 0 spiro atoms. The van der Waals surface area contributed by atoms with Gasteiger partial charge in [-0.3, -0.25) is 9.78 Å². The first-order valence-electron chi connectivity index (χ1n) is 6.52. The molecule has 5 heteroatoms. The number of aromatic nitrogens is 1. The Hall–Kier alpha value is -1.39. The van der Waals surface area contributed by atoms with Crippen molar-refractivity contribution in [2.75, 3.05) is 0 Å². The van der Waals surface area contributed by atoms with Crippen molar-refractivity contribution in [3.8, 4) is 0 Å². The van der Waals surface area contributed by atoms with Crippen molar-refractivity contribution in [3.63, 3.8) is 0 Å². The highest BCUT2D eigenvalue weighted by atomic mass is 19.4. The molecule has 0 N–H and O–H groups in total. The summed E-state index contributed by atoms with van der Waals surface area (Å²) in [5, 5.41) is 0. The largest absolute Gasteiger partial charge is 0.417 e. The maximum Gasteiger partial charge on any atom is 0.417 e. The van der Waals surface area contributed by atoms with Crippen LogP contribution in [-0.2, 0) is 6.18 Å². The number of hydrogen-bond acceptors (Lipinski definition) is 2. The van der Waals surface area contributed by atoms with Crippen molar-refractivity contribution >= 4 is 5.78 Å². The van der Waals surface area contributed by atoms with Crippen molar-refractivity contribution in [2.24, 2.45) is 17.8 Å². The summed E-state index contributed by atoms with van der Waals surface area (Å²) in [6, 6.07) is 0.889. The molecule has 102 valence electrons. The monoisotopic (exact) mass is 269 g/mol. The molecule has 2 bridgehead atoms. The first-order chi connectivity index (χ1) is 8.97. The predicted octanol–water partition coefficient (Wildman–Crippen LogP) is 3.72. The maximum atomic E-state index is 12.9. The van der Waals surface area contributed by atoms with Crippen LogP contribution in [0.1, 0.15) is 41.6 Å². The Morgan fingerprint density at radius 1 is 1.26 bits per heavy atom. The summed E-state index contributed by atoms with van der Waals surface area (Å²) < 4.78 is 38.7. The average molecular weight is 269 g/mol. The van der Waals surface area contributed by atoms with Crippen LogP contribution >= 0.6 is 0 Å². The maximum absolute atomic E-state index is 12.9. The lowest BCUT2D eigenvalue weighted by atomic mass is 9.82. The smallest absolute Gasteiger partial charge is 0.294 e. The fraction of sp³-hybridized carbons (Fsp3) is 0.571. The fourth-order valence-electron chi connectivity index (χ4n) is 3.60. The number of carbonyl (C=O) groups is 1. The second-order valence-electron chi connectivity index (χ2n) is 5.56. The highest BCUT2D eigenvalue weighted by Gasteiger charge is 2.45. The first-order valence-corrected chi connectivity index (χ1v) is 6.52. The number of ketones is 1. The summed E-state index contributed by atoms with van der Waals surface area (Å²) in [6.07, 6.45) is 1.49. The number of Topliss-reactive ketones (excluding diaryl/α,β-unsaturated/α-hetero) is 1. The van der Waals surface area contributed by atoms with E-state index in [1.807, 2.05) is 0 Å². The van der Waals surface area contributed by atoms with Gasteiger partial charge in [0.2, 0.25) is 0 Å². The topological polar surface area (TPSA) is 30.0 Å². The molecule has 1 aromatic rings. The quantitative estimate of drug-likeness (QED) is 0.766. The highest BCUT2D eigenvalue weighted by molar-refractivity contribution is 5.99. The van der Waals surface area contributed by atoms with E-state index in [1.165, 1.54) is 0 Å². The summed E-state index contributed by atoms with van der Waals surface area (Å²) in [5.41, 5.74) is -1.11. The fourth-order valence-corrected chi connectivity index (χ4v) is 3.60. The van der Waals surface area contributed by atoms with Gasteiger partial charge in [-0.1, -0.05) is 6.42 Å². The van der Waals surface area contributed by atoms with Crippen LogP contribution in [0.5, 0.6) is 0 Å². The van der Waals surface area contributed by atoms with E-state index in [-0.39, 0.29) is 23.2 Å². The van der Waals surface area contributed by atoms with Gasteiger partial charge in [-0.15, -0.1) is 0 Å². The Labute approximate surface area is 109 Å². The molecule has 3 unspecified atom stereocenters. The molecule has 2 aliphatic rings. The molecule has 2 fully saturated rings. The standard InChI is InChI=1S/C14H14F3NO/c15-14(16,17)12-3-4-18-7-11(12)13(19)10-6-8-1-2-9(10)5-8/h3-4,7-10H,1-2,5-6H2. The van der Waals surface area contributed by atoms with Crippen LogP contribution in [-0.4, -0.2) is 10.8 Å². The van der Waals surface area contributed by atoms with Gasteiger partial charge >= 0.3 is 6.18 Å². The SMILES string of the molecule is O=C(c1cnccc1C(F)(F)F)C1CC2CCC1C2. The predicted molar refractivity (Wildman–Crippen MR) is 62.5 cm³/mol. The molecule has 2 saturated carbocycles. The molecule has 3 rings (SSSR count). The van der Waals surface area contributed by atoms with Crippen LogP contribution in [0.3, 0.4) is 0 Å². The lowest BCUT2D eigenvalue weighted by Crippen LogP contribution is -2.24. The molecule has 19 heavy (non-hydrogen) atoms. The van der Waals surface area contributed by atoms with E-state index in [9.17, 15) is 18.0 Å². The van der Waals surface area contributed by atoms with Gasteiger partial charge in [-0.25, -0.2) is 0 Å². The van der Waals surface area contributed by atoms with Crippen LogP contribution in [0, 0.1) is 17.8 Å². The summed E-state index contributed by atoms with van der Waals surface area (Å²) in [6.45, 7) is 0. The van der Waals surface area contributed by atoms with E-state index in [1.54, 1.807) is 0 Å². The van der Waals surface area contributed by atoms with Gasteiger partial charge in [0.25, 0.3) is 0 Å². The number of hydrogen-bond donors (Lipinski definition) is 0. The number of pyridine rings is 1. The zero-order valence-corrected chi connectivity index (χ0v) is 10.3. The summed E-state index contributed by atoms with van der Waals surface area (Å²) in [5.74, 6) is 0.209. The van der Waals surface area contributed by atoms with Gasteiger partial charge in [0.15, 0.2) is 5.78 Å². The molecule has 2 nitrogen and oxygen atoms in total. The minimum Gasteiger partial charge on any atom is -0.294 e. The minimum absolute atomic E-state index is 0.232. The average Bonchev–Trinajstić information content (AvgIpc) is 2.99. The van der Waals surface area contributed by atoms with Crippen LogP contribution in [0.2, 0.25) is 0 Å². The minimum atomic E-state index is -4.49. The summed E-state index contributed by atoms with van der Waals surface area (Å²) in [7, 11) is 0. The third kappa shape index (κ3) is 2.15. The number of fused-ring (bicyclic) bond motifs is 2.